The molecule has 0 bridgehead atoms. The van der Waals surface area contributed by atoms with Crippen molar-refractivity contribution in [2.45, 2.75) is 44.4 Å². The van der Waals surface area contributed by atoms with Crippen LogP contribution >= 0.6 is 27.3 Å². The molecule has 0 aliphatic carbocycles. The lowest BCUT2D eigenvalue weighted by Crippen LogP contribution is -2.33. The molecule has 98 valence electrons. The summed E-state index contributed by atoms with van der Waals surface area (Å²) in [6.07, 6.45) is 0.838. The highest BCUT2D eigenvalue weighted by Crippen LogP contribution is 2.30. The van der Waals surface area contributed by atoms with Gasteiger partial charge in [-0.2, -0.15) is 0 Å². The van der Waals surface area contributed by atoms with Crippen LogP contribution in [0.5, 0.6) is 0 Å². The standard InChI is InChI=1S/C11H18BrNO2S2/c1-7(2)5-9(4)13-17(14,15)10-6-8(3)11(12)16-10/h6-7,9,13H,5H2,1-4H3. The number of hydrogen-bond acceptors (Lipinski definition) is 3. The first-order valence-corrected chi connectivity index (χ1v) is 8.60. The minimum Gasteiger partial charge on any atom is -0.208 e. The third-order valence-corrected chi connectivity index (χ3v) is 6.48. The zero-order chi connectivity index (χ0) is 13.2. The minimum atomic E-state index is -3.37. The second-order valence-electron chi connectivity index (χ2n) is 4.67. The van der Waals surface area contributed by atoms with Crippen LogP contribution < -0.4 is 4.72 Å². The van der Waals surface area contributed by atoms with Crippen molar-refractivity contribution in [2.24, 2.45) is 5.92 Å². The van der Waals surface area contributed by atoms with Crippen LogP contribution in [0, 0.1) is 12.8 Å². The van der Waals surface area contributed by atoms with Crippen LogP contribution in [-0.4, -0.2) is 14.5 Å². The molecule has 17 heavy (non-hydrogen) atoms. The lowest BCUT2D eigenvalue weighted by Gasteiger charge is -2.15. The Morgan fingerprint density at radius 2 is 2.00 bits per heavy atom. The van der Waals surface area contributed by atoms with Crippen molar-refractivity contribution in [3.8, 4) is 0 Å². The molecule has 1 aromatic rings. The molecule has 0 spiro atoms. The van der Waals surface area contributed by atoms with Gasteiger partial charge in [0.2, 0.25) is 10.0 Å². The SMILES string of the molecule is Cc1cc(S(=O)(=O)NC(C)CC(C)C)sc1Br. The van der Waals surface area contributed by atoms with Crippen molar-refractivity contribution in [2.75, 3.05) is 0 Å². The molecule has 0 fully saturated rings. The van der Waals surface area contributed by atoms with Gasteiger partial charge in [0.05, 0.1) is 3.79 Å². The first-order chi connectivity index (χ1) is 7.72. The van der Waals surface area contributed by atoms with Crippen LogP contribution in [0.1, 0.15) is 32.8 Å². The maximum absolute atomic E-state index is 12.1. The van der Waals surface area contributed by atoms with Crippen molar-refractivity contribution in [1.29, 1.82) is 0 Å². The first kappa shape index (κ1) is 15.1. The van der Waals surface area contributed by atoms with Crippen LogP contribution in [0.15, 0.2) is 14.1 Å². The van der Waals surface area contributed by atoms with Crippen LogP contribution in [0.2, 0.25) is 0 Å². The smallest absolute Gasteiger partial charge is 0.208 e. The highest BCUT2D eigenvalue weighted by atomic mass is 79.9. The number of thiophene rings is 1. The Morgan fingerprint density at radius 1 is 1.41 bits per heavy atom. The molecule has 1 aromatic heterocycles. The van der Waals surface area contributed by atoms with Gasteiger partial charge in [-0.15, -0.1) is 11.3 Å². The summed E-state index contributed by atoms with van der Waals surface area (Å²) < 4.78 is 28.1. The predicted molar refractivity (Wildman–Crippen MR) is 76.0 cm³/mol. The van der Waals surface area contributed by atoms with Gasteiger partial charge in [0, 0.05) is 6.04 Å². The van der Waals surface area contributed by atoms with Crippen LogP contribution in [0.3, 0.4) is 0 Å². The summed E-state index contributed by atoms with van der Waals surface area (Å²) in [5.74, 6) is 0.476. The second-order valence-corrected chi connectivity index (χ2v) is 8.98. The topological polar surface area (TPSA) is 46.2 Å². The molecule has 1 rings (SSSR count). The van der Waals surface area contributed by atoms with Gasteiger partial charge in [-0.3, -0.25) is 0 Å². The fourth-order valence-corrected chi connectivity index (χ4v) is 5.14. The molecule has 0 aromatic carbocycles. The van der Waals surface area contributed by atoms with E-state index in [2.05, 4.69) is 34.5 Å². The van der Waals surface area contributed by atoms with Gasteiger partial charge in [0.15, 0.2) is 0 Å². The Kier molecular flexibility index (Phi) is 5.19. The molecule has 0 saturated carbocycles. The van der Waals surface area contributed by atoms with E-state index in [0.29, 0.717) is 10.1 Å². The first-order valence-electron chi connectivity index (χ1n) is 5.50. The summed E-state index contributed by atoms with van der Waals surface area (Å²) in [6.45, 7) is 7.94. The lowest BCUT2D eigenvalue weighted by atomic mass is 10.1. The molecule has 1 atom stereocenters. The van der Waals surface area contributed by atoms with Crippen molar-refractivity contribution in [1.82, 2.24) is 4.72 Å². The monoisotopic (exact) mass is 339 g/mol. The molecule has 0 saturated heterocycles. The van der Waals surface area contributed by atoms with Gasteiger partial charge < -0.3 is 0 Å². The van der Waals surface area contributed by atoms with Crippen molar-refractivity contribution < 1.29 is 8.42 Å². The van der Waals surface area contributed by atoms with E-state index in [0.717, 1.165) is 15.8 Å². The molecule has 0 aliphatic heterocycles. The fraction of sp³-hybridized carbons (Fsp3) is 0.636. The van der Waals surface area contributed by atoms with E-state index in [4.69, 9.17) is 0 Å². The summed E-state index contributed by atoms with van der Waals surface area (Å²) in [6, 6.07) is 1.65. The maximum Gasteiger partial charge on any atom is 0.250 e. The molecule has 1 unspecified atom stereocenters. The Bertz CT molecular complexity index is 460. The molecule has 1 N–H and O–H groups in total. The van der Waals surface area contributed by atoms with E-state index in [1.807, 2.05) is 13.8 Å². The average molecular weight is 340 g/mol. The summed E-state index contributed by atoms with van der Waals surface area (Å²) >= 11 is 4.59. The Balaban J connectivity index is 2.82. The van der Waals surface area contributed by atoms with Gasteiger partial charge in [-0.1, -0.05) is 13.8 Å². The molecule has 3 nitrogen and oxygen atoms in total. The Labute approximate surface area is 116 Å². The normalized spacial score (nSPS) is 14.2. The summed E-state index contributed by atoms with van der Waals surface area (Å²) in [5, 5.41) is 0. The number of nitrogens with one attached hydrogen (secondary N) is 1. The summed E-state index contributed by atoms with van der Waals surface area (Å²) in [5.41, 5.74) is 0.951. The van der Waals surface area contributed by atoms with Crippen LogP contribution in [0.25, 0.3) is 0 Å². The van der Waals surface area contributed by atoms with Crippen molar-refractivity contribution >= 4 is 37.3 Å². The Morgan fingerprint density at radius 3 is 2.41 bits per heavy atom. The number of sulfonamides is 1. The lowest BCUT2D eigenvalue weighted by molar-refractivity contribution is 0.483. The fourth-order valence-electron chi connectivity index (χ4n) is 1.64. The van der Waals surface area contributed by atoms with Gasteiger partial charge in [-0.05, 0) is 53.7 Å². The molecular weight excluding hydrogens is 322 g/mol. The number of halogens is 1. The highest BCUT2D eigenvalue weighted by Gasteiger charge is 2.20. The van der Waals surface area contributed by atoms with E-state index in [-0.39, 0.29) is 6.04 Å². The summed E-state index contributed by atoms with van der Waals surface area (Å²) in [4.78, 5) is 0. The van der Waals surface area contributed by atoms with E-state index in [9.17, 15) is 8.42 Å². The molecule has 1 heterocycles. The molecule has 0 amide bonds. The zero-order valence-corrected chi connectivity index (χ0v) is 13.7. The van der Waals surface area contributed by atoms with Gasteiger partial charge in [-0.25, -0.2) is 13.1 Å². The highest BCUT2D eigenvalue weighted by molar-refractivity contribution is 9.11. The Hall–Kier alpha value is 0.0900. The van der Waals surface area contributed by atoms with E-state index in [1.54, 1.807) is 6.07 Å². The minimum absolute atomic E-state index is 0.0406. The number of rotatable bonds is 5. The largest absolute Gasteiger partial charge is 0.250 e. The number of aryl methyl sites for hydroxylation is 1. The third-order valence-electron chi connectivity index (χ3n) is 2.28. The van der Waals surface area contributed by atoms with Crippen molar-refractivity contribution in [3.63, 3.8) is 0 Å². The predicted octanol–water partition coefficient (Wildman–Crippen LogP) is 3.53. The van der Waals surface area contributed by atoms with E-state index >= 15 is 0 Å². The van der Waals surface area contributed by atoms with Gasteiger partial charge >= 0.3 is 0 Å². The van der Waals surface area contributed by atoms with Crippen LogP contribution in [0.4, 0.5) is 0 Å². The van der Waals surface area contributed by atoms with Crippen LogP contribution in [-0.2, 0) is 10.0 Å². The zero-order valence-electron chi connectivity index (χ0n) is 10.5. The quantitative estimate of drug-likeness (QED) is 0.891. The second kappa shape index (κ2) is 5.82. The number of hydrogen-bond donors (Lipinski definition) is 1. The average Bonchev–Trinajstić information content (AvgIpc) is 2.44. The van der Waals surface area contributed by atoms with E-state index < -0.39 is 10.0 Å². The third kappa shape index (κ3) is 4.35. The van der Waals surface area contributed by atoms with Gasteiger partial charge in [0.25, 0.3) is 0 Å². The van der Waals surface area contributed by atoms with Gasteiger partial charge in [0.1, 0.15) is 4.21 Å². The molecule has 0 aliphatic rings. The molecule has 0 radical (unpaired) electrons. The van der Waals surface area contributed by atoms with Crippen molar-refractivity contribution in [3.05, 3.63) is 15.4 Å². The summed E-state index contributed by atoms with van der Waals surface area (Å²) in [7, 11) is -3.37. The molecule has 6 heteroatoms. The van der Waals surface area contributed by atoms with E-state index in [1.165, 1.54) is 11.3 Å². The molecular formula is C11H18BrNO2S2. The maximum atomic E-state index is 12.1.